The molecule has 0 aromatic carbocycles. The van der Waals surface area contributed by atoms with Crippen molar-refractivity contribution < 1.29 is 9.90 Å². The van der Waals surface area contributed by atoms with Gasteiger partial charge in [0.05, 0.1) is 5.69 Å². The first-order valence-electron chi connectivity index (χ1n) is 2.89. The summed E-state index contributed by atoms with van der Waals surface area (Å²) in [5, 5.41) is 16.2. The minimum atomic E-state index is -0.920. The molecule has 0 saturated carbocycles. The van der Waals surface area contributed by atoms with Gasteiger partial charge in [-0.3, -0.25) is 4.79 Å². The van der Waals surface area contributed by atoms with E-state index in [1.54, 1.807) is 6.20 Å². The van der Waals surface area contributed by atoms with Crippen molar-refractivity contribution in [3.8, 4) is 0 Å². The van der Waals surface area contributed by atoms with Gasteiger partial charge >= 0.3 is 5.97 Å². The van der Waals surface area contributed by atoms with Crippen molar-refractivity contribution in [1.29, 1.82) is 0 Å². The van der Waals surface area contributed by atoms with Crippen molar-refractivity contribution >= 4 is 21.9 Å². The highest BCUT2D eigenvalue weighted by Crippen LogP contribution is 1.98. The topological polar surface area (TPSA) is 68.0 Å². The number of nitrogens with zero attached hydrogens (tertiary/aromatic N) is 3. The van der Waals surface area contributed by atoms with E-state index in [4.69, 9.17) is 5.11 Å². The predicted octanol–water partition coefficient (Wildman–Crippen LogP) is 0.258. The molecule has 0 spiro atoms. The molecule has 0 bridgehead atoms. The Morgan fingerprint density at radius 2 is 2.55 bits per heavy atom. The zero-order valence-electron chi connectivity index (χ0n) is 5.57. The van der Waals surface area contributed by atoms with Crippen molar-refractivity contribution in [2.45, 2.75) is 11.9 Å². The third-order valence-electron chi connectivity index (χ3n) is 1.02. The van der Waals surface area contributed by atoms with E-state index in [0.29, 0.717) is 5.33 Å². The highest BCUT2D eigenvalue weighted by Gasteiger charge is 2.01. The molecule has 0 aliphatic carbocycles. The Morgan fingerprint density at radius 3 is 3.00 bits per heavy atom. The fourth-order valence-electron chi connectivity index (χ4n) is 0.616. The van der Waals surface area contributed by atoms with Crippen molar-refractivity contribution in [3.63, 3.8) is 0 Å². The lowest BCUT2D eigenvalue weighted by Crippen LogP contribution is -2.08. The molecule has 1 rings (SSSR count). The second kappa shape index (κ2) is 3.47. The number of halogens is 1. The molecular weight excluding hydrogens is 214 g/mol. The summed E-state index contributed by atoms with van der Waals surface area (Å²) in [6.07, 6.45) is 1.59. The molecule has 0 atom stereocenters. The first-order valence-corrected chi connectivity index (χ1v) is 4.01. The molecule has 0 saturated heterocycles. The molecule has 6 heteroatoms. The Labute approximate surface area is 71.1 Å². The van der Waals surface area contributed by atoms with Gasteiger partial charge in [-0.2, -0.15) is 0 Å². The maximum absolute atomic E-state index is 10.2. The Morgan fingerprint density at radius 1 is 1.82 bits per heavy atom. The summed E-state index contributed by atoms with van der Waals surface area (Å²) < 4.78 is 1.28. The van der Waals surface area contributed by atoms with Gasteiger partial charge < -0.3 is 5.11 Å². The van der Waals surface area contributed by atoms with Gasteiger partial charge in [0.25, 0.3) is 0 Å². The maximum atomic E-state index is 10.2. The standard InChI is InChI=1S/C5H6BrN3O2/c6-1-4-2-9(8-7-4)3-5(10)11/h2H,1,3H2,(H,10,11). The van der Waals surface area contributed by atoms with Gasteiger partial charge in [-0.05, 0) is 0 Å². The minimum absolute atomic E-state index is 0.139. The average Bonchev–Trinajstić information content (AvgIpc) is 2.34. The Bertz CT molecular complexity index is 260. The van der Waals surface area contributed by atoms with E-state index < -0.39 is 5.97 Å². The van der Waals surface area contributed by atoms with Gasteiger partial charge in [-0.15, -0.1) is 5.10 Å². The average molecular weight is 220 g/mol. The number of carbonyl (C=O) groups is 1. The van der Waals surface area contributed by atoms with Gasteiger partial charge in [0.2, 0.25) is 0 Å². The Kier molecular flexibility index (Phi) is 2.58. The number of carboxylic acids is 1. The normalized spacial score (nSPS) is 9.91. The van der Waals surface area contributed by atoms with Crippen LogP contribution in [0.15, 0.2) is 6.20 Å². The quantitative estimate of drug-likeness (QED) is 0.741. The third kappa shape index (κ3) is 2.30. The number of hydrogen-bond donors (Lipinski definition) is 1. The molecule has 0 unspecified atom stereocenters. The number of carboxylic acid groups (broad SMARTS) is 1. The van der Waals surface area contributed by atoms with E-state index in [-0.39, 0.29) is 6.54 Å². The zero-order chi connectivity index (χ0) is 8.27. The second-order valence-electron chi connectivity index (χ2n) is 1.93. The summed E-state index contributed by atoms with van der Waals surface area (Å²) >= 11 is 3.17. The lowest BCUT2D eigenvalue weighted by atomic mass is 10.5. The smallest absolute Gasteiger partial charge is 0.325 e. The van der Waals surface area contributed by atoms with Gasteiger partial charge in [-0.1, -0.05) is 21.1 Å². The molecule has 1 aromatic rings. The molecule has 60 valence electrons. The van der Waals surface area contributed by atoms with Crippen molar-refractivity contribution in [2.24, 2.45) is 0 Å². The van der Waals surface area contributed by atoms with E-state index >= 15 is 0 Å². The Hall–Kier alpha value is -0.910. The molecule has 0 aliphatic rings. The summed E-state index contributed by atoms with van der Waals surface area (Å²) in [7, 11) is 0. The molecular formula is C5H6BrN3O2. The largest absolute Gasteiger partial charge is 0.480 e. The van der Waals surface area contributed by atoms with Gasteiger partial charge in [0, 0.05) is 11.5 Å². The summed E-state index contributed by atoms with van der Waals surface area (Å²) in [6.45, 7) is -0.139. The van der Waals surface area contributed by atoms with E-state index in [1.165, 1.54) is 4.68 Å². The van der Waals surface area contributed by atoms with Crippen molar-refractivity contribution in [1.82, 2.24) is 15.0 Å². The number of rotatable bonds is 3. The summed E-state index contributed by atoms with van der Waals surface area (Å²) in [6, 6.07) is 0. The van der Waals surface area contributed by atoms with Crippen LogP contribution < -0.4 is 0 Å². The van der Waals surface area contributed by atoms with Crippen LogP contribution in [0, 0.1) is 0 Å². The van der Waals surface area contributed by atoms with Crippen LogP contribution in [-0.4, -0.2) is 26.1 Å². The maximum Gasteiger partial charge on any atom is 0.325 e. The van der Waals surface area contributed by atoms with Crippen LogP contribution in [0.25, 0.3) is 0 Å². The lowest BCUT2D eigenvalue weighted by Gasteiger charge is -1.90. The zero-order valence-corrected chi connectivity index (χ0v) is 7.15. The molecule has 0 amide bonds. The second-order valence-corrected chi connectivity index (χ2v) is 2.50. The molecule has 11 heavy (non-hydrogen) atoms. The van der Waals surface area contributed by atoms with Crippen LogP contribution in [0.2, 0.25) is 0 Å². The number of alkyl halides is 1. The van der Waals surface area contributed by atoms with E-state index in [9.17, 15) is 4.79 Å². The molecule has 5 nitrogen and oxygen atoms in total. The fraction of sp³-hybridized carbons (Fsp3) is 0.400. The molecule has 0 radical (unpaired) electrons. The van der Waals surface area contributed by atoms with E-state index in [1.807, 2.05) is 0 Å². The number of aliphatic carboxylic acids is 1. The fourth-order valence-corrected chi connectivity index (χ4v) is 0.873. The summed E-state index contributed by atoms with van der Waals surface area (Å²) in [4.78, 5) is 10.2. The minimum Gasteiger partial charge on any atom is -0.480 e. The molecule has 0 aliphatic heterocycles. The van der Waals surface area contributed by atoms with Gasteiger partial charge in [-0.25, -0.2) is 4.68 Å². The monoisotopic (exact) mass is 219 g/mol. The van der Waals surface area contributed by atoms with Gasteiger partial charge in [0.1, 0.15) is 6.54 Å². The number of hydrogen-bond acceptors (Lipinski definition) is 3. The lowest BCUT2D eigenvalue weighted by molar-refractivity contribution is -0.137. The highest BCUT2D eigenvalue weighted by atomic mass is 79.9. The predicted molar refractivity (Wildman–Crippen MR) is 40.3 cm³/mol. The van der Waals surface area contributed by atoms with Crippen LogP contribution in [0.4, 0.5) is 0 Å². The van der Waals surface area contributed by atoms with E-state index in [0.717, 1.165) is 5.69 Å². The molecule has 1 N–H and O–H groups in total. The highest BCUT2D eigenvalue weighted by molar-refractivity contribution is 9.08. The van der Waals surface area contributed by atoms with Crippen LogP contribution in [0.1, 0.15) is 5.69 Å². The summed E-state index contributed by atoms with van der Waals surface area (Å²) in [5.41, 5.74) is 0.728. The van der Waals surface area contributed by atoms with Crippen molar-refractivity contribution in [3.05, 3.63) is 11.9 Å². The first kappa shape index (κ1) is 8.19. The van der Waals surface area contributed by atoms with Gasteiger partial charge in [0.15, 0.2) is 0 Å². The van der Waals surface area contributed by atoms with Crippen LogP contribution >= 0.6 is 15.9 Å². The van der Waals surface area contributed by atoms with Crippen molar-refractivity contribution in [2.75, 3.05) is 0 Å². The molecule has 1 aromatic heterocycles. The van der Waals surface area contributed by atoms with E-state index in [2.05, 4.69) is 26.2 Å². The summed E-state index contributed by atoms with van der Waals surface area (Å²) in [5.74, 6) is -0.920. The SMILES string of the molecule is O=C(O)Cn1cc(CBr)nn1. The molecule has 0 fully saturated rings. The Balaban J connectivity index is 2.65. The number of aromatic nitrogens is 3. The van der Waals surface area contributed by atoms with Crippen LogP contribution in [-0.2, 0) is 16.7 Å². The first-order chi connectivity index (χ1) is 5.22. The third-order valence-corrected chi connectivity index (χ3v) is 1.59. The van der Waals surface area contributed by atoms with Crippen LogP contribution in [0.3, 0.4) is 0 Å². The molecule has 1 heterocycles. The van der Waals surface area contributed by atoms with Crippen LogP contribution in [0.5, 0.6) is 0 Å².